The number of nitrogens with zero attached hydrogens (tertiary/aromatic N) is 1. The minimum Gasteiger partial charge on any atom is -1.00 e. The average Bonchev–Trinajstić information content (AvgIpc) is 1.93. The summed E-state index contributed by atoms with van der Waals surface area (Å²) in [7, 11) is 0. The van der Waals surface area contributed by atoms with Gasteiger partial charge in [0.15, 0.2) is 0 Å². The molecular weight excluding hydrogens is 383 g/mol. The smallest absolute Gasteiger partial charge is 1.00 e. The second-order valence-electron chi connectivity index (χ2n) is 2.21. The summed E-state index contributed by atoms with van der Waals surface area (Å²) in [6.45, 7) is 2.02. The zero-order valence-corrected chi connectivity index (χ0v) is 15.9. The van der Waals surface area contributed by atoms with Gasteiger partial charge in [0.25, 0.3) is 0 Å². The quantitative estimate of drug-likeness (QED) is 0.277. The third-order valence-corrected chi connectivity index (χ3v) is 1.44. The molecule has 0 atom stereocenters. The Balaban J connectivity index is -0.000000151. The molecule has 0 bridgehead atoms. The van der Waals surface area contributed by atoms with E-state index in [0.29, 0.717) is 0 Å². The van der Waals surface area contributed by atoms with Gasteiger partial charge in [-0.1, -0.05) is 29.8 Å². The Morgan fingerprint density at radius 1 is 1.13 bits per heavy atom. The maximum atomic E-state index is 4.66. The number of benzene rings is 1. The first-order chi connectivity index (χ1) is 5.18. The van der Waals surface area contributed by atoms with E-state index in [1.165, 1.54) is 5.56 Å². The van der Waals surface area contributed by atoms with E-state index in [9.17, 15) is 0 Å². The van der Waals surface area contributed by atoms with Gasteiger partial charge >= 0.3 is 46.1 Å². The first-order valence-corrected chi connectivity index (χ1v) is 3.99. The summed E-state index contributed by atoms with van der Waals surface area (Å²) in [6, 6.07) is 7.75. The number of hydrogen-bond donors (Lipinski definition) is 0. The van der Waals surface area contributed by atoms with Crippen LogP contribution in [0.25, 0.3) is 5.32 Å². The van der Waals surface area contributed by atoms with Crippen molar-refractivity contribution in [2.45, 2.75) is 6.92 Å². The monoisotopic (exact) mass is 387 g/mol. The van der Waals surface area contributed by atoms with E-state index >= 15 is 0 Å². The third-order valence-electron chi connectivity index (χ3n) is 1.25. The van der Waals surface area contributed by atoms with E-state index in [4.69, 9.17) is 0 Å². The van der Waals surface area contributed by atoms with Crippen molar-refractivity contribution < 1.29 is 34.0 Å². The molecule has 0 aliphatic carbocycles. The normalized spacial score (nSPS) is 6.73. The van der Waals surface area contributed by atoms with Gasteiger partial charge in [0.2, 0.25) is 0 Å². The second-order valence-corrected chi connectivity index (χ2v) is 3.25. The van der Waals surface area contributed by atoms with Crippen LogP contribution in [0.4, 0.5) is 5.69 Å². The van der Waals surface area contributed by atoms with Crippen molar-refractivity contribution in [2.24, 2.45) is 0 Å². The number of rotatable bonds is 1. The minimum absolute atomic E-state index is 0. The molecular formula is C8H7Br2Mg2NS2. The van der Waals surface area contributed by atoms with Crippen LogP contribution in [0.3, 0.4) is 0 Å². The van der Waals surface area contributed by atoms with E-state index in [0.717, 1.165) is 5.69 Å². The Kier molecular flexibility index (Phi) is 23.7. The molecule has 1 aromatic rings. The standard InChI is InChI=1S/C8H9NS2.2BrH.2Mg/c1-6-2-4-7(5-3-6)9-8(10)11;;;;/h2-5H,1H3,(H2,9,10,11);2*1H;;/q;;;2*+2/p-4. The van der Waals surface area contributed by atoms with E-state index < -0.39 is 0 Å². The Bertz CT molecular complexity index is 270. The second kappa shape index (κ2) is 13.9. The molecule has 1 aromatic carbocycles. The molecule has 7 heteroatoms. The molecule has 0 radical (unpaired) electrons. The Morgan fingerprint density at radius 2 is 1.53 bits per heavy atom. The fourth-order valence-electron chi connectivity index (χ4n) is 0.725. The van der Waals surface area contributed by atoms with Gasteiger partial charge < -0.3 is 64.1 Å². The summed E-state index contributed by atoms with van der Waals surface area (Å²) in [6.07, 6.45) is 0. The molecule has 15 heavy (non-hydrogen) atoms. The summed E-state index contributed by atoms with van der Waals surface area (Å²) >= 11 is 9.32. The number of halogens is 2. The summed E-state index contributed by atoms with van der Waals surface area (Å²) in [5.41, 5.74) is 2.04. The maximum Gasteiger partial charge on any atom is 2.00 e. The van der Waals surface area contributed by atoms with Crippen molar-refractivity contribution in [3.63, 3.8) is 0 Å². The van der Waals surface area contributed by atoms with Crippen molar-refractivity contribution in [3.8, 4) is 0 Å². The Morgan fingerprint density at radius 3 is 1.87 bits per heavy atom. The number of aryl methyl sites for hydroxylation is 1. The molecule has 0 fully saturated rings. The molecule has 0 aliphatic rings. The largest absolute Gasteiger partial charge is 2.00 e. The molecule has 0 unspecified atom stereocenters. The van der Waals surface area contributed by atoms with Crippen LogP contribution < -0.4 is 34.0 Å². The van der Waals surface area contributed by atoms with E-state index in [1.807, 2.05) is 31.2 Å². The predicted molar refractivity (Wildman–Crippen MR) is 65.7 cm³/mol. The number of thiocarbonyl (C=S) groups is 1. The van der Waals surface area contributed by atoms with Crippen LogP contribution in [-0.4, -0.2) is 50.4 Å². The summed E-state index contributed by atoms with van der Waals surface area (Å²) in [4.78, 5) is 0. The van der Waals surface area contributed by atoms with Gasteiger partial charge in [0, 0.05) is 0 Å². The SMILES string of the molecule is Cc1ccc([N-]C(=S)[S-])cc1.[Br-].[Br-].[Mg+2].[Mg+2]. The van der Waals surface area contributed by atoms with Crippen molar-refractivity contribution in [1.82, 2.24) is 0 Å². The van der Waals surface area contributed by atoms with E-state index in [-0.39, 0.29) is 84.4 Å². The Labute approximate surface area is 155 Å². The fourth-order valence-corrected chi connectivity index (χ4v) is 0.936. The average molecular weight is 390 g/mol. The molecule has 0 spiro atoms. The molecule has 0 saturated heterocycles. The molecule has 0 heterocycles. The molecule has 0 saturated carbocycles. The van der Waals surface area contributed by atoms with Gasteiger partial charge in [-0.25, -0.2) is 4.32 Å². The Hall–Kier alpha value is 1.82. The van der Waals surface area contributed by atoms with Gasteiger partial charge in [-0.05, 0) is 6.92 Å². The van der Waals surface area contributed by atoms with Crippen LogP contribution in [0.1, 0.15) is 5.56 Å². The molecule has 0 aliphatic heterocycles. The first kappa shape index (κ1) is 25.6. The van der Waals surface area contributed by atoms with Crippen molar-refractivity contribution >= 4 is 81.0 Å². The van der Waals surface area contributed by atoms with Gasteiger partial charge in [-0.2, -0.15) is 0 Å². The zero-order chi connectivity index (χ0) is 8.27. The number of hydrogen-bond acceptors (Lipinski definition) is 2. The predicted octanol–water partition coefficient (Wildman–Crippen LogP) is -3.92. The summed E-state index contributed by atoms with van der Waals surface area (Å²) in [5, 5.41) is 3.95. The molecule has 0 aromatic heterocycles. The van der Waals surface area contributed by atoms with Crippen LogP contribution in [0.15, 0.2) is 24.3 Å². The van der Waals surface area contributed by atoms with Gasteiger partial charge in [0.05, 0.1) is 0 Å². The van der Waals surface area contributed by atoms with Crippen LogP contribution in [0.2, 0.25) is 0 Å². The topological polar surface area (TPSA) is 14.1 Å². The zero-order valence-electron chi connectivity index (χ0n) is 8.24. The van der Waals surface area contributed by atoms with Crippen LogP contribution >= 0.6 is 12.2 Å². The molecule has 0 amide bonds. The van der Waals surface area contributed by atoms with E-state index in [2.05, 4.69) is 30.2 Å². The molecule has 1 rings (SSSR count). The van der Waals surface area contributed by atoms with Gasteiger partial charge in [-0.3, -0.25) is 0 Å². The van der Waals surface area contributed by atoms with Crippen LogP contribution in [0, 0.1) is 6.92 Å². The van der Waals surface area contributed by atoms with Crippen molar-refractivity contribution in [2.75, 3.05) is 0 Å². The van der Waals surface area contributed by atoms with Crippen molar-refractivity contribution in [3.05, 3.63) is 35.1 Å². The van der Waals surface area contributed by atoms with Crippen molar-refractivity contribution in [1.29, 1.82) is 0 Å². The summed E-state index contributed by atoms with van der Waals surface area (Å²) < 4.78 is 0.258. The van der Waals surface area contributed by atoms with Crippen LogP contribution in [-0.2, 0) is 12.6 Å². The third kappa shape index (κ3) is 12.1. The maximum absolute atomic E-state index is 4.66. The summed E-state index contributed by atoms with van der Waals surface area (Å²) in [5.74, 6) is 0. The first-order valence-electron chi connectivity index (χ1n) is 3.18. The van der Waals surface area contributed by atoms with E-state index in [1.54, 1.807) is 0 Å². The fraction of sp³-hybridized carbons (Fsp3) is 0.125. The van der Waals surface area contributed by atoms with Gasteiger partial charge in [-0.15, -0.1) is 5.69 Å². The molecule has 74 valence electrons. The minimum atomic E-state index is 0. The van der Waals surface area contributed by atoms with Crippen LogP contribution in [0.5, 0.6) is 0 Å². The van der Waals surface area contributed by atoms with Gasteiger partial charge in [0.1, 0.15) is 0 Å². The molecule has 1 nitrogen and oxygen atoms in total. The molecule has 0 N–H and O–H groups in total.